The third kappa shape index (κ3) is 3.92. The molecule has 0 aromatic carbocycles. The third-order valence-corrected chi connectivity index (χ3v) is 4.52. The largest absolute Gasteiger partial charge is 0.480 e. The number of nitrogens with one attached hydrogen (secondary N) is 1. The van der Waals surface area contributed by atoms with Crippen molar-refractivity contribution >= 4 is 23.2 Å². The second-order valence-electron chi connectivity index (χ2n) is 4.95. The Morgan fingerprint density at radius 1 is 1.48 bits per heavy atom. The Kier molecular flexibility index (Phi) is 5.52. The first-order valence-electron chi connectivity index (χ1n) is 6.95. The molecule has 1 aliphatic rings. The molecule has 1 aromatic heterocycles. The highest BCUT2D eigenvalue weighted by atomic mass is 32.1. The second kappa shape index (κ2) is 7.38. The van der Waals surface area contributed by atoms with Gasteiger partial charge in [-0.05, 0) is 31.2 Å². The number of rotatable bonds is 7. The summed E-state index contributed by atoms with van der Waals surface area (Å²) in [5.74, 6) is -1.43. The van der Waals surface area contributed by atoms with E-state index >= 15 is 0 Å². The standard InChI is InChI=1S/C15H19NO4S/c1-2-7-20-8-12(15(18)19)16-14(17)11-9-21-13-6-4-3-5-10(11)13/h2,9,12H,1,3-8H2,(H,16,17)(H,18,19). The number of fused-ring (bicyclic) bond motifs is 1. The van der Waals surface area contributed by atoms with Crippen LogP contribution in [0, 0.1) is 0 Å². The first kappa shape index (κ1) is 15.7. The highest BCUT2D eigenvalue weighted by Crippen LogP contribution is 2.30. The Morgan fingerprint density at radius 2 is 2.24 bits per heavy atom. The topological polar surface area (TPSA) is 75.6 Å². The van der Waals surface area contributed by atoms with E-state index in [1.54, 1.807) is 11.3 Å². The van der Waals surface area contributed by atoms with Gasteiger partial charge in [-0.2, -0.15) is 0 Å². The zero-order valence-corrected chi connectivity index (χ0v) is 12.6. The van der Waals surface area contributed by atoms with E-state index in [1.807, 2.05) is 5.38 Å². The van der Waals surface area contributed by atoms with Crippen LogP contribution >= 0.6 is 11.3 Å². The van der Waals surface area contributed by atoms with Gasteiger partial charge in [0.25, 0.3) is 5.91 Å². The molecule has 0 aliphatic heterocycles. The molecule has 1 amide bonds. The van der Waals surface area contributed by atoms with Crippen molar-refractivity contribution in [2.45, 2.75) is 31.7 Å². The molecule has 2 rings (SSSR count). The molecule has 114 valence electrons. The van der Waals surface area contributed by atoms with Crippen LogP contribution in [0.3, 0.4) is 0 Å². The van der Waals surface area contributed by atoms with Crippen LogP contribution < -0.4 is 5.32 Å². The van der Waals surface area contributed by atoms with Crippen LogP contribution in [0.1, 0.15) is 33.6 Å². The van der Waals surface area contributed by atoms with Gasteiger partial charge in [0.1, 0.15) is 0 Å². The van der Waals surface area contributed by atoms with Gasteiger partial charge in [0.15, 0.2) is 6.04 Å². The van der Waals surface area contributed by atoms with Gasteiger partial charge in [0, 0.05) is 10.3 Å². The van der Waals surface area contributed by atoms with E-state index in [2.05, 4.69) is 11.9 Å². The molecule has 1 aliphatic carbocycles. The van der Waals surface area contributed by atoms with E-state index in [9.17, 15) is 9.59 Å². The summed E-state index contributed by atoms with van der Waals surface area (Å²) in [6.45, 7) is 3.68. The number of thiophene rings is 1. The molecule has 0 radical (unpaired) electrons. The summed E-state index contributed by atoms with van der Waals surface area (Å²) in [5, 5.41) is 13.5. The number of carboxylic acids is 1. The summed E-state index contributed by atoms with van der Waals surface area (Å²) >= 11 is 1.58. The van der Waals surface area contributed by atoms with Crippen molar-refractivity contribution < 1.29 is 19.4 Å². The van der Waals surface area contributed by atoms with Gasteiger partial charge in [0.05, 0.1) is 18.8 Å². The lowest BCUT2D eigenvalue weighted by Gasteiger charge is -2.16. The Hall–Kier alpha value is -1.66. The number of aryl methyl sites for hydroxylation is 1. The molecule has 21 heavy (non-hydrogen) atoms. The van der Waals surface area contributed by atoms with Crippen molar-refractivity contribution in [3.8, 4) is 0 Å². The Bertz CT molecular complexity index is 538. The molecule has 1 atom stereocenters. The summed E-state index contributed by atoms with van der Waals surface area (Å²) < 4.78 is 5.13. The smallest absolute Gasteiger partial charge is 0.328 e. The molecule has 0 bridgehead atoms. The molecule has 1 heterocycles. The fourth-order valence-corrected chi connectivity index (χ4v) is 3.49. The molecular weight excluding hydrogens is 290 g/mol. The van der Waals surface area contributed by atoms with Gasteiger partial charge < -0.3 is 15.2 Å². The van der Waals surface area contributed by atoms with Crippen LogP contribution in [0.15, 0.2) is 18.0 Å². The van der Waals surface area contributed by atoms with Crippen molar-refractivity contribution in [3.63, 3.8) is 0 Å². The molecule has 6 heteroatoms. The highest BCUT2D eigenvalue weighted by Gasteiger charge is 2.25. The van der Waals surface area contributed by atoms with Gasteiger partial charge in [0.2, 0.25) is 0 Å². The number of hydrogen-bond donors (Lipinski definition) is 2. The highest BCUT2D eigenvalue weighted by molar-refractivity contribution is 7.10. The van der Waals surface area contributed by atoms with Crippen LogP contribution in [-0.4, -0.2) is 36.2 Å². The average Bonchev–Trinajstić information content (AvgIpc) is 2.90. The van der Waals surface area contributed by atoms with Crippen LogP contribution in [0.5, 0.6) is 0 Å². The summed E-state index contributed by atoms with van der Waals surface area (Å²) in [5.41, 5.74) is 1.70. The summed E-state index contributed by atoms with van der Waals surface area (Å²) in [7, 11) is 0. The number of amides is 1. The molecule has 0 saturated heterocycles. The lowest BCUT2D eigenvalue weighted by Crippen LogP contribution is -2.44. The Morgan fingerprint density at radius 3 is 2.95 bits per heavy atom. The summed E-state index contributed by atoms with van der Waals surface area (Å²) in [6, 6.07) is -1.04. The van der Waals surface area contributed by atoms with Crippen molar-refractivity contribution in [2.75, 3.05) is 13.2 Å². The Labute approximate surface area is 127 Å². The van der Waals surface area contributed by atoms with Gasteiger partial charge >= 0.3 is 5.97 Å². The van der Waals surface area contributed by atoms with Gasteiger partial charge in [-0.1, -0.05) is 6.08 Å². The maximum Gasteiger partial charge on any atom is 0.328 e. The predicted molar refractivity (Wildman–Crippen MR) is 80.9 cm³/mol. The zero-order valence-electron chi connectivity index (χ0n) is 11.8. The number of hydrogen-bond acceptors (Lipinski definition) is 4. The molecule has 0 saturated carbocycles. The SMILES string of the molecule is C=CCOCC(NC(=O)c1csc2c1CCCC2)C(=O)O. The molecule has 1 unspecified atom stereocenters. The van der Waals surface area contributed by atoms with E-state index < -0.39 is 12.0 Å². The van der Waals surface area contributed by atoms with Crippen LogP contribution in [0.25, 0.3) is 0 Å². The molecular formula is C15H19NO4S. The van der Waals surface area contributed by atoms with E-state index in [0.717, 1.165) is 31.2 Å². The molecule has 0 spiro atoms. The van der Waals surface area contributed by atoms with Crippen LogP contribution in [-0.2, 0) is 22.4 Å². The van der Waals surface area contributed by atoms with E-state index in [1.165, 1.54) is 11.0 Å². The van der Waals surface area contributed by atoms with Crippen LogP contribution in [0.2, 0.25) is 0 Å². The quantitative estimate of drug-likeness (QED) is 0.597. The van der Waals surface area contributed by atoms with Gasteiger partial charge in [-0.15, -0.1) is 17.9 Å². The van der Waals surface area contributed by atoms with Crippen LogP contribution in [0.4, 0.5) is 0 Å². The molecule has 1 aromatic rings. The first-order chi connectivity index (χ1) is 10.1. The predicted octanol–water partition coefficient (Wildman–Crippen LogP) is 2.01. The summed E-state index contributed by atoms with van der Waals surface area (Å²) in [6.07, 6.45) is 5.68. The van der Waals surface area contributed by atoms with E-state index in [0.29, 0.717) is 5.56 Å². The second-order valence-corrected chi connectivity index (χ2v) is 5.91. The first-order valence-corrected chi connectivity index (χ1v) is 7.83. The Balaban J connectivity index is 2.03. The minimum absolute atomic E-state index is 0.0700. The van der Waals surface area contributed by atoms with E-state index in [-0.39, 0.29) is 19.1 Å². The fraction of sp³-hybridized carbons (Fsp3) is 0.467. The lowest BCUT2D eigenvalue weighted by atomic mass is 9.95. The van der Waals surface area contributed by atoms with Gasteiger partial charge in [-0.3, -0.25) is 4.79 Å². The molecule has 2 N–H and O–H groups in total. The normalized spacial score (nSPS) is 15.0. The van der Waals surface area contributed by atoms with Crippen molar-refractivity contribution in [2.24, 2.45) is 0 Å². The monoisotopic (exact) mass is 309 g/mol. The van der Waals surface area contributed by atoms with Crippen molar-refractivity contribution in [3.05, 3.63) is 34.0 Å². The van der Waals surface area contributed by atoms with E-state index in [4.69, 9.17) is 9.84 Å². The summed E-state index contributed by atoms with van der Waals surface area (Å²) in [4.78, 5) is 24.7. The van der Waals surface area contributed by atoms with Crippen molar-refractivity contribution in [1.82, 2.24) is 5.32 Å². The lowest BCUT2D eigenvalue weighted by molar-refractivity contribution is -0.140. The molecule has 5 nitrogen and oxygen atoms in total. The maximum atomic E-state index is 12.3. The minimum atomic E-state index is -1.10. The molecule has 0 fully saturated rings. The fourth-order valence-electron chi connectivity index (χ4n) is 2.36. The number of aliphatic carboxylic acids is 1. The number of ether oxygens (including phenoxy) is 1. The number of carboxylic acid groups (broad SMARTS) is 1. The zero-order chi connectivity index (χ0) is 15.2. The number of carbonyl (C=O) groups is 2. The van der Waals surface area contributed by atoms with Gasteiger partial charge in [-0.25, -0.2) is 4.79 Å². The third-order valence-electron chi connectivity index (χ3n) is 3.43. The number of carbonyl (C=O) groups excluding carboxylic acids is 1. The van der Waals surface area contributed by atoms with Crippen molar-refractivity contribution in [1.29, 1.82) is 0 Å². The maximum absolute atomic E-state index is 12.3. The minimum Gasteiger partial charge on any atom is -0.480 e. The average molecular weight is 309 g/mol.